The van der Waals surface area contributed by atoms with Gasteiger partial charge in [-0.3, -0.25) is 15.0 Å². The zero-order valence-electron chi connectivity index (χ0n) is 16.0. The van der Waals surface area contributed by atoms with Gasteiger partial charge >= 0.3 is 12.1 Å². The molecule has 3 atom stereocenters. The first kappa shape index (κ1) is 23.7. The second kappa shape index (κ2) is 7.86. The van der Waals surface area contributed by atoms with E-state index in [0.717, 1.165) is 17.9 Å². The molecule has 1 aromatic rings. The molecule has 0 spiro atoms. The molecule has 3 amide bonds. The van der Waals surface area contributed by atoms with E-state index in [2.05, 4.69) is 0 Å². The summed E-state index contributed by atoms with van der Waals surface area (Å²) < 4.78 is 28.1. The van der Waals surface area contributed by atoms with Crippen molar-refractivity contribution in [2.45, 2.75) is 29.5 Å². The highest BCUT2D eigenvalue weighted by Gasteiger charge is 2.70. The Morgan fingerprint density at radius 1 is 1.25 bits per heavy atom. The SMILES string of the molecule is C[C@]1(COC(=O)NNC(=O)c2cc(Cl)c(O)c(O)c2Cl)[C@H](C(=O)O)N2C(=O)C[C@H]2S1(=O)=O. The van der Waals surface area contributed by atoms with Gasteiger partial charge in [-0.2, -0.15) is 0 Å². The Labute approximate surface area is 189 Å². The maximum atomic E-state index is 12.7. The van der Waals surface area contributed by atoms with Crippen molar-refractivity contribution in [3.8, 4) is 11.5 Å². The summed E-state index contributed by atoms with van der Waals surface area (Å²) in [6.45, 7) is 0.112. The zero-order chi connectivity index (χ0) is 24.2. The van der Waals surface area contributed by atoms with E-state index in [4.69, 9.17) is 27.9 Å². The van der Waals surface area contributed by atoms with E-state index < -0.39 is 83.6 Å². The number of aromatic hydroxyl groups is 2. The van der Waals surface area contributed by atoms with Gasteiger partial charge in [-0.15, -0.1) is 0 Å². The number of hydrazine groups is 1. The van der Waals surface area contributed by atoms with E-state index in [1.54, 1.807) is 5.43 Å². The molecule has 32 heavy (non-hydrogen) atoms. The second-order valence-electron chi connectivity index (χ2n) is 7.13. The Bertz CT molecular complexity index is 1160. The number of phenolic OH excluding ortho intramolecular Hbond substituents is 2. The number of nitrogens with zero attached hydrogens (tertiary/aromatic N) is 1. The molecule has 1 aromatic carbocycles. The van der Waals surface area contributed by atoms with E-state index in [9.17, 15) is 42.9 Å². The molecular formula is C16H15Cl2N3O10S. The van der Waals surface area contributed by atoms with Crippen LogP contribution in [0, 0.1) is 0 Å². The number of hydrogen-bond donors (Lipinski definition) is 5. The summed E-state index contributed by atoms with van der Waals surface area (Å²) in [6, 6.07) is -0.853. The van der Waals surface area contributed by atoms with Crippen LogP contribution in [0.2, 0.25) is 10.0 Å². The molecule has 5 N–H and O–H groups in total. The van der Waals surface area contributed by atoms with Crippen LogP contribution in [0.25, 0.3) is 0 Å². The lowest BCUT2D eigenvalue weighted by Gasteiger charge is -2.35. The molecule has 3 rings (SSSR count). The molecule has 2 saturated heterocycles. The van der Waals surface area contributed by atoms with Gasteiger partial charge in [-0.05, 0) is 13.0 Å². The summed E-state index contributed by atoms with van der Waals surface area (Å²) in [4.78, 5) is 48.2. The minimum atomic E-state index is -4.20. The molecule has 0 aromatic heterocycles. The van der Waals surface area contributed by atoms with Gasteiger partial charge in [0.2, 0.25) is 5.91 Å². The van der Waals surface area contributed by atoms with E-state index in [0.29, 0.717) is 0 Å². The molecule has 2 heterocycles. The standard InChI is InChI=1S/C16H15Cl2N3O10S/c1-16(12(14(26)27)21-7(22)3-8(21)32(16,29)30)4-31-15(28)20-19-13(25)5-2-6(17)10(23)11(24)9(5)18/h2,8,12,23-24H,3-4H2,1H3,(H,19,25)(H,20,28)(H,26,27)/t8-,12+,16+/m1/s1. The fraction of sp³-hybridized carbons (Fsp3) is 0.375. The lowest BCUT2D eigenvalue weighted by Crippen LogP contribution is -2.58. The van der Waals surface area contributed by atoms with Crippen molar-refractivity contribution >= 4 is 56.9 Å². The number of carbonyl (C=O) groups is 4. The van der Waals surface area contributed by atoms with E-state index in [1.807, 2.05) is 5.43 Å². The molecule has 16 heteroatoms. The smallest absolute Gasteiger partial charge is 0.426 e. The number of carboxylic acid groups (broad SMARTS) is 1. The largest absolute Gasteiger partial charge is 0.503 e. The number of hydrogen-bond acceptors (Lipinski definition) is 9. The highest BCUT2D eigenvalue weighted by molar-refractivity contribution is 7.94. The minimum Gasteiger partial charge on any atom is -0.503 e. The quantitative estimate of drug-likeness (QED) is 0.207. The molecule has 174 valence electrons. The lowest BCUT2D eigenvalue weighted by atomic mass is 9.97. The van der Waals surface area contributed by atoms with Crippen LogP contribution in [-0.4, -0.2) is 75.3 Å². The number of fused-ring (bicyclic) bond motifs is 1. The fourth-order valence-electron chi connectivity index (χ4n) is 3.46. The van der Waals surface area contributed by atoms with Crippen LogP contribution in [0.15, 0.2) is 6.07 Å². The highest BCUT2D eigenvalue weighted by Crippen LogP contribution is 2.46. The van der Waals surface area contributed by atoms with Crippen molar-refractivity contribution in [2.24, 2.45) is 0 Å². The van der Waals surface area contributed by atoms with Crippen LogP contribution < -0.4 is 10.9 Å². The number of nitrogens with one attached hydrogen (secondary N) is 2. The number of aliphatic carboxylic acids is 1. The van der Waals surface area contributed by atoms with Crippen LogP contribution in [-0.2, 0) is 24.2 Å². The molecule has 0 aliphatic carbocycles. The first-order chi connectivity index (χ1) is 14.7. The Morgan fingerprint density at radius 2 is 1.88 bits per heavy atom. The summed E-state index contributed by atoms with van der Waals surface area (Å²) in [6.07, 6.45) is -1.73. The third-order valence-electron chi connectivity index (χ3n) is 5.22. The van der Waals surface area contributed by atoms with Crippen LogP contribution >= 0.6 is 23.2 Å². The Balaban J connectivity index is 1.68. The summed E-state index contributed by atoms with van der Waals surface area (Å²) in [5.41, 5.74) is 3.23. The molecule has 0 saturated carbocycles. The third kappa shape index (κ3) is 3.43. The van der Waals surface area contributed by atoms with Gasteiger partial charge in [0.15, 0.2) is 27.4 Å². The van der Waals surface area contributed by atoms with E-state index >= 15 is 0 Å². The van der Waals surface area contributed by atoms with Gasteiger partial charge in [0.25, 0.3) is 5.91 Å². The number of halogens is 2. The monoisotopic (exact) mass is 511 g/mol. The average Bonchev–Trinajstić information content (AvgIpc) is 2.86. The number of carboxylic acids is 1. The second-order valence-corrected chi connectivity index (χ2v) is 10.5. The molecule has 2 aliphatic heterocycles. The summed E-state index contributed by atoms with van der Waals surface area (Å²) >= 11 is 11.4. The molecule has 0 bridgehead atoms. The summed E-state index contributed by atoms with van der Waals surface area (Å²) in [7, 11) is -4.20. The Hall–Kier alpha value is -2.97. The number of β-lactam (4-membered cyclic amide) rings is 1. The summed E-state index contributed by atoms with van der Waals surface area (Å²) in [5, 5.41) is 26.2. The van der Waals surface area contributed by atoms with Crippen LogP contribution in [0.5, 0.6) is 11.5 Å². The van der Waals surface area contributed by atoms with Gasteiger partial charge < -0.3 is 25.0 Å². The predicted octanol–water partition coefficient (Wildman–Crippen LogP) is -0.0257. The molecule has 13 nitrogen and oxygen atoms in total. The fourth-order valence-corrected chi connectivity index (χ4v) is 6.16. The molecule has 0 radical (unpaired) electrons. The minimum absolute atomic E-state index is 0.368. The molecule has 2 aliphatic rings. The number of carbonyl (C=O) groups excluding carboxylic acids is 3. The van der Waals surface area contributed by atoms with Gasteiger partial charge in [-0.1, -0.05) is 23.2 Å². The van der Waals surface area contributed by atoms with Crippen molar-refractivity contribution in [3.63, 3.8) is 0 Å². The number of benzene rings is 1. The van der Waals surface area contributed by atoms with Gasteiger partial charge in [0.1, 0.15) is 16.7 Å². The van der Waals surface area contributed by atoms with Crippen LogP contribution in [0.4, 0.5) is 4.79 Å². The zero-order valence-corrected chi connectivity index (χ0v) is 18.3. The normalized spacial score (nSPS) is 25.5. The van der Waals surface area contributed by atoms with Crippen molar-refractivity contribution in [1.29, 1.82) is 0 Å². The van der Waals surface area contributed by atoms with Gasteiger partial charge in [0, 0.05) is 0 Å². The van der Waals surface area contributed by atoms with Crippen molar-refractivity contribution < 1.29 is 47.7 Å². The first-order valence-electron chi connectivity index (χ1n) is 8.64. The molecular weight excluding hydrogens is 497 g/mol. The van der Waals surface area contributed by atoms with E-state index in [1.165, 1.54) is 0 Å². The van der Waals surface area contributed by atoms with Gasteiger partial charge in [0.05, 0.1) is 22.0 Å². The Morgan fingerprint density at radius 3 is 2.44 bits per heavy atom. The maximum Gasteiger partial charge on any atom is 0.426 e. The number of ether oxygens (including phenoxy) is 1. The third-order valence-corrected chi connectivity index (χ3v) is 8.65. The number of sulfone groups is 1. The lowest BCUT2D eigenvalue weighted by molar-refractivity contribution is -0.158. The first-order valence-corrected chi connectivity index (χ1v) is 10.9. The van der Waals surface area contributed by atoms with Crippen molar-refractivity contribution in [2.75, 3.05) is 6.61 Å². The van der Waals surface area contributed by atoms with E-state index in [-0.39, 0.29) is 6.42 Å². The number of rotatable bonds is 4. The van der Waals surface area contributed by atoms with Gasteiger partial charge in [-0.25, -0.2) is 23.4 Å². The predicted molar refractivity (Wildman–Crippen MR) is 106 cm³/mol. The number of phenols is 2. The number of amides is 3. The van der Waals surface area contributed by atoms with Crippen LogP contribution in [0.1, 0.15) is 23.7 Å². The van der Waals surface area contributed by atoms with Crippen LogP contribution in [0.3, 0.4) is 0 Å². The Kier molecular flexibility index (Phi) is 5.82. The summed E-state index contributed by atoms with van der Waals surface area (Å²) in [5.74, 6) is -4.95. The topological polar surface area (TPSA) is 200 Å². The highest BCUT2D eigenvalue weighted by atomic mass is 35.5. The average molecular weight is 512 g/mol. The maximum absolute atomic E-state index is 12.7. The van der Waals surface area contributed by atoms with Crippen molar-refractivity contribution in [1.82, 2.24) is 15.8 Å². The molecule has 2 fully saturated rings. The van der Waals surface area contributed by atoms with Crippen molar-refractivity contribution in [3.05, 3.63) is 21.7 Å². The molecule has 0 unspecified atom stereocenters.